The molecule has 1 N–H and O–H groups in total. The highest BCUT2D eigenvalue weighted by Gasteiger charge is 2.04. The highest BCUT2D eigenvalue weighted by atomic mass is 79.9. The van der Waals surface area contributed by atoms with Crippen LogP contribution in [0, 0.1) is 12.3 Å². The molecule has 80 valence electrons. The van der Waals surface area contributed by atoms with Gasteiger partial charge in [0.1, 0.15) is 17.3 Å². The second kappa shape index (κ2) is 6.65. The molecule has 15 heavy (non-hydrogen) atoms. The fourth-order valence-corrected chi connectivity index (χ4v) is 1.51. The first-order valence-corrected chi connectivity index (χ1v) is 5.76. The predicted molar refractivity (Wildman–Crippen MR) is 65.9 cm³/mol. The zero-order chi connectivity index (χ0) is 11.1. The number of halogens is 2. The molecule has 3 nitrogen and oxygen atoms in total. The van der Waals surface area contributed by atoms with Crippen LogP contribution in [0.3, 0.4) is 0 Å². The molecular formula is C10H11BrClN3. The number of anilines is 1. The van der Waals surface area contributed by atoms with Gasteiger partial charge in [-0.15, -0.1) is 12.3 Å². The molecule has 0 bridgehead atoms. The van der Waals surface area contributed by atoms with E-state index in [0.29, 0.717) is 9.63 Å². The maximum atomic E-state index is 5.81. The van der Waals surface area contributed by atoms with Crippen LogP contribution in [0.5, 0.6) is 0 Å². The summed E-state index contributed by atoms with van der Waals surface area (Å²) in [5.41, 5.74) is 0. The largest absolute Gasteiger partial charge is 0.369 e. The Labute approximate surface area is 103 Å². The number of hydrogen-bond donors (Lipinski definition) is 1. The third kappa shape index (κ3) is 4.06. The first kappa shape index (κ1) is 12.3. The standard InChI is InChI=1S/C10H11BrClN3/c1-2-3-4-5-6-13-10-8(11)9(12)14-7-15-10/h1,7H,3-6H2,(H,13,14,15). The number of nitrogens with one attached hydrogen (secondary N) is 1. The molecule has 1 rings (SSSR count). The second-order valence-electron chi connectivity index (χ2n) is 2.92. The zero-order valence-electron chi connectivity index (χ0n) is 8.13. The SMILES string of the molecule is C#CCCCCNc1ncnc(Cl)c1Br. The molecule has 0 saturated heterocycles. The lowest BCUT2D eigenvalue weighted by atomic mass is 10.2. The maximum Gasteiger partial charge on any atom is 0.148 e. The van der Waals surface area contributed by atoms with E-state index in [0.717, 1.165) is 31.6 Å². The molecule has 5 heteroatoms. The number of nitrogens with zero attached hydrogens (tertiary/aromatic N) is 2. The smallest absolute Gasteiger partial charge is 0.148 e. The van der Waals surface area contributed by atoms with Crippen LogP contribution in [-0.2, 0) is 0 Å². The van der Waals surface area contributed by atoms with Crippen molar-refractivity contribution in [2.75, 3.05) is 11.9 Å². The minimum absolute atomic E-state index is 0.413. The van der Waals surface area contributed by atoms with Gasteiger partial charge >= 0.3 is 0 Å². The first-order chi connectivity index (χ1) is 7.25. The number of aromatic nitrogens is 2. The molecule has 0 aliphatic heterocycles. The summed E-state index contributed by atoms with van der Waals surface area (Å²) >= 11 is 9.12. The number of terminal acetylenes is 1. The van der Waals surface area contributed by atoms with Crippen LogP contribution in [0.2, 0.25) is 5.15 Å². The van der Waals surface area contributed by atoms with Gasteiger partial charge in [0.2, 0.25) is 0 Å². The molecule has 1 aromatic heterocycles. The Morgan fingerprint density at radius 1 is 1.47 bits per heavy atom. The lowest BCUT2D eigenvalue weighted by Crippen LogP contribution is -2.04. The van der Waals surface area contributed by atoms with Gasteiger partial charge in [-0.2, -0.15) is 0 Å². The third-order valence-corrected chi connectivity index (χ3v) is 3.05. The van der Waals surface area contributed by atoms with Crippen LogP contribution in [0.4, 0.5) is 5.82 Å². The van der Waals surface area contributed by atoms with E-state index >= 15 is 0 Å². The second-order valence-corrected chi connectivity index (χ2v) is 4.07. The number of unbranched alkanes of at least 4 members (excludes halogenated alkanes) is 2. The van der Waals surface area contributed by atoms with Gasteiger partial charge in [-0.1, -0.05) is 11.6 Å². The van der Waals surface area contributed by atoms with Gasteiger partial charge in [0.15, 0.2) is 0 Å². The van der Waals surface area contributed by atoms with Crippen molar-refractivity contribution in [2.24, 2.45) is 0 Å². The van der Waals surface area contributed by atoms with Crippen molar-refractivity contribution < 1.29 is 0 Å². The Hall–Kier alpha value is -0.790. The maximum absolute atomic E-state index is 5.81. The molecule has 0 aliphatic rings. The molecule has 0 saturated carbocycles. The monoisotopic (exact) mass is 287 g/mol. The molecule has 0 spiro atoms. The van der Waals surface area contributed by atoms with Crippen LogP contribution in [0.1, 0.15) is 19.3 Å². The van der Waals surface area contributed by atoms with Gasteiger partial charge in [-0.25, -0.2) is 9.97 Å². The first-order valence-electron chi connectivity index (χ1n) is 4.59. The summed E-state index contributed by atoms with van der Waals surface area (Å²) < 4.78 is 0.698. The molecule has 0 unspecified atom stereocenters. The van der Waals surface area contributed by atoms with Crippen molar-refractivity contribution in [1.29, 1.82) is 0 Å². The Balaban J connectivity index is 2.38. The minimum atomic E-state index is 0.413. The summed E-state index contributed by atoms with van der Waals surface area (Å²) in [5, 5.41) is 3.57. The molecule has 0 radical (unpaired) electrons. The molecular weight excluding hydrogens is 277 g/mol. The van der Waals surface area contributed by atoms with E-state index in [-0.39, 0.29) is 0 Å². The molecule has 1 aromatic rings. The van der Waals surface area contributed by atoms with Crippen molar-refractivity contribution in [3.05, 3.63) is 16.0 Å². The van der Waals surface area contributed by atoms with Crippen molar-refractivity contribution in [3.63, 3.8) is 0 Å². The van der Waals surface area contributed by atoms with Crippen LogP contribution in [0.25, 0.3) is 0 Å². The van der Waals surface area contributed by atoms with Gasteiger partial charge in [-0.05, 0) is 28.8 Å². The summed E-state index contributed by atoms with van der Waals surface area (Å²) in [4.78, 5) is 7.90. The number of hydrogen-bond acceptors (Lipinski definition) is 3. The van der Waals surface area contributed by atoms with E-state index in [1.165, 1.54) is 6.33 Å². The summed E-state index contributed by atoms with van der Waals surface area (Å²) in [6.45, 7) is 0.827. The molecule has 0 amide bonds. The quantitative estimate of drug-likeness (QED) is 0.514. The van der Waals surface area contributed by atoms with Crippen molar-refractivity contribution >= 4 is 33.3 Å². The summed E-state index contributed by atoms with van der Waals surface area (Å²) in [7, 11) is 0. The van der Waals surface area contributed by atoms with E-state index in [1.807, 2.05) is 0 Å². The lowest BCUT2D eigenvalue weighted by Gasteiger charge is -2.06. The molecule has 0 aliphatic carbocycles. The van der Waals surface area contributed by atoms with Gasteiger partial charge in [0.25, 0.3) is 0 Å². The Kier molecular flexibility index (Phi) is 5.44. The molecule has 0 fully saturated rings. The van der Waals surface area contributed by atoms with E-state index in [1.54, 1.807) is 0 Å². The average molecular weight is 289 g/mol. The Morgan fingerprint density at radius 2 is 2.27 bits per heavy atom. The van der Waals surface area contributed by atoms with Gasteiger partial charge in [0, 0.05) is 13.0 Å². The van der Waals surface area contributed by atoms with E-state index < -0.39 is 0 Å². The highest BCUT2D eigenvalue weighted by molar-refractivity contribution is 9.10. The normalized spacial score (nSPS) is 9.67. The summed E-state index contributed by atoms with van der Waals surface area (Å²) in [6.07, 6.45) is 9.42. The average Bonchev–Trinajstić information content (AvgIpc) is 2.24. The lowest BCUT2D eigenvalue weighted by molar-refractivity contribution is 0.786. The minimum Gasteiger partial charge on any atom is -0.369 e. The van der Waals surface area contributed by atoms with Crippen LogP contribution >= 0.6 is 27.5 Å². The Morgan fingerprint density at radius 3 is 3.00 bits per heavy atom. The topological polar surface area (TPSA) is 37.8 Å². The van der Waals surface area contributed by atoms with Gasteiger partial charge in [-0.3, -0.25) is 0 Å². The number of rotatable bonds is 5. The van der Waals surface area contributed by atoms with Crippen LogP contribution in [0.15, 0.2) is 10.8 Å². The van der Waals surface area contributed by atoms with Crippen molar-refractivity contribution in [3.8, 4) is 12.3 Å². The van der Waals surface area contributed by atoms with Crippen molar-refractivity contribution in [2.45, 2.75) is 19.3 Å². The third-order valence-electron chi connectivity index (χ3n) is 1.79. The van der Waals surface area contributed by atoms with Crippen LogP contribution in [-0.4, -0.2) is 16.5 Å². The molecule has 0 aromatic carbocycles. The Bertz CT molecular complexity index is 362. The fraction of sp³-hybridized carbons (Fsp3) is 0.400. The summed E-state index contributed by atoms with van der Waals surface area (Å²) in [6, 6.07) is 0. The van der Waals surface area contributed by atoms with Gasteiger partial charge < -0.3 is 5.32 Å². The van der Waals surface area contributed by atoms with E-state index in [4.69, 9.17) is 18.0 Å². The van der Waals surface area contributed by atoms with E-state index in [2.05, 4.69) is 37.1 Å². The van der Waals surface area contributed by atoms with Crippen LogP contribution < -0.4 is 5.32 Å². The summed E-state index contributed by atoms with van der Waals surface area (Å²) in [5.74, 6) is 3.32. The van der Waals surface area contributed by atoms with Gasteiger partial charge in [0.05, 0.1) is 4.47 Å². The highest BCUT2D eigenvalue weighted by Crippen LogP contribution is 2.25. The molecule has 0 atom stereocenters. The fourth-order valence-electron chi connectivity index (χ4n) is 1.03. The molecule has 1 heterocycles. The predicted octanol–water partition coefficient (Wildman–Crippen LogP) is 3.11. The van der Waals surface area contributed by atoms with Crippen molar-refractivity contribution in [1.82, 2.24) is 9.97 Å². The zero-order valence-corrected chi connectivity index (χ0v) is 10.5. The van der Waals surface area contributed by atoms with E-state index in [9.17, 15) is 0 Å².